The first-order valence-electron chi connectivity index (χ1n) is 5.57. The summed E-state index contributed by atoms with van der Waals surface area (Å²) in [5.41, 5.74) is 0. The smallest absolute Gasteiger partial charge is 0.371 e. The molecule has 112 valence electrons. The van der Waals surface area contributed by atoms with E-state index in [0.29, 0.717) is 0 Å². The standard InChI is InChI=1S/C11H15NO7S/c1-7(11(15)18-3)6-12(2)20(16,17)9-5-4-8(19-9)10(13)14/h4-5,7H,6H2,1-3H3,(H,13,14). The highest BCUT2D eigenvalue weighted by molar-refractivity contribution is 7.89. The van der Waals surface area contributed by atoms with Crippen molar-refractivity contribution >= 4 is 22.0 Å². The van der Waals surface area contributed by atoms with Gasteiger partial charge in [-0.25, -0.2) is 13.2 Å². The molecule has 0 aromatic carbocycles. The second-order valence-electron chi connectivity index (χ2n) is 4.13. The summed E-state index contributed by atoms with van der Waals surface area (Å²) in [6.45, 7) is 1.40. The van der Waals surface area contributed by atoms with Gasteiger partial charge in [0.1, 0.15) is 0 Å². The van der Waals surface area contributed by atoms with Crippen molar-refractivity contribution in [1.82, 2.24) is 4.31 Å². The number of furan rings is 1. The molecule has 0 aliphatic rings. The number of aromatic carboxylic acids is 1. The number of sulfonamides is 1. The maximum Gasteiger partial charge on any atom is 0.371 e. The fourth-order valence-corrected chi connectivity index (χ4v) is 2.65. The summed E-state index contributed by atoms with van der Waals surface area (Å²) in [7, 11) is -1.52. The van der Waals surface area contributed by atoms with Gasteiger partial charge in [0, 0.05) is 13.6 Å². The molecule has 0 amide bonds. The molecule has 0 fully saturated rings. The van der Waals surface area contributed by atoms with E-state index in [4.69, 9.17) is 9.52 Å². The summed E-state index contributed by atoms with van der Waals surface area (Å²) in [4.78, 5) is 21.9. The highest BCUT2D eigenvalue weighted by atomic mass is 32.2. The number of methoxy groups -OCH3 is 1. The number of nitrogens with zero attached hydrogens (tertiary/aromatic N) is 1. The molecule has 0 aliphatic carbocycles. The molecule has 0 bridgehead atoms. The van der Waals surface area contributed by atoms with E-state index in [0.717, 1.165) is 16.4 Å². The number of ether oxygens (including phenoxy) is 1. The molecule has 0 saturated carbocycles. The van der Waals surface area contributed by atoms with Gasteiger partial charge in [0.15, 0.2) is 0 Å². The Morgan fingerprint density at radius 1 is 1.45 bits per heavy atom. The third-order valence-electron chi connectivity index (χ3n) is 2.59. The lowest BCUT2D eigenvalue weighted by Gasteiger charge is -2.18. The quantitative estimate of drug-likeness (QED) is 0.757. The zero-order valence-electron chi connectivity index (χ0n) is 11.2. The summed E-state index contributed by atoms with van der Waals surface area (Å²) in [5, 5.41) is 8.20. The first-order chi connectivity index (χ1) is 9.20. The largest absolute Gasteiger partial charge is 0.475 e. The second-order valence-corrected chi connectivity index (χ2v) is 6.11. The van der Waals surface area contributed by atoms with Crippen LogP contribution in [0, 0.1) is 5.92 Å². The van der Waals surface area contributed by atoms with Crippen LogP contribution in [0.4, 0.5) is 0 Å². The van der Waals surface area contributed by atoms with Crippen molar-refractivity contribution in [2.24, 2.45) is 5.92 Å². The third-order valence-corrected chi connectivity index (χ3v) is 4.29. The molecule has 0 aliphatic heterocycles. The van der Waals surface area contributed by atoms with Crippen LogP contribution >= 0.6 is 0 Å². The van der Waals surface area contributed by atoms with Gasteiger partial charge in [-0.3, -0.25) is 4.79 Å². The maximum atomic E-state index is 12.1. The van der Waals surface area contributed by atoms with Crippen LogP contribution in [-0.4, -0.2) is 50.5 Å². The minimum absolute atomic E-state index is 0.113. The summed E-state index contributed by atoms with van der Waals surface area (Å²) < 4.78 is 34.4. The van der Waals surface area contributed by atoms with Crippen LogP contribution in [0.1, 0.15) is 17.5 Å². The SMILES string of the molecule is COC(=O)C(C)CN(C)S(=O)(=O)c1ccc(C(=O)O)o1. The Kier molecular flexibility index (Phi) is 4.90. The minimum Gasteiger partial charge on any atom is -0.475 e. The molecular formula is C11H15NO7S. The van der Waals surface area contributed by atoms with E-state index in [1.807, 2.05) is 0 Å². The average molecular weight is 305 g/mol. The Hall–Kier alpha value is -1.87. The van der Waals surface area contributed by atoms with E-state index < -0.39 is 38.7 Å². The van der Waals surface area contributed by atoms with Crippen molar-refractivity contribution < 1.29 is 32.3 Å². The third kappa shape index (κ3) is 3.36. The molecule has 1 aromatic heterocycles. The lowest BCUT2D eigenvalue weighted by molar-refractivity contribution is -0.144. The number of carboxylic acid groups (broad SMARTS) is 1. The summed E-state index contributed by atoms with van der Waals surface area (Å²) in [6.07, 6.45) is 0. The predicted octanol–water partition coefficient (Wildman–Crippen LogP) is 0.407. The zero-order chi connectivity index (χ0) is 15.5. The molecule has 0 saturated heterocycles. The topological polar surface area (TPSA) is 114 Å². The van der Waals surface area contributed by atoms with Crippen LogP contribution in [0.2, 0.25) is 0 Å². The van der Waals surface area contributed by atoms with Crippen molar-refractivity contribution in [2.45, 2.75) is 12.0 Å². The van der Waals surface area contributed by atoms with Crippen LogP contribution in [-0.2, 0) is 19.6 Å². The average Bonchev–Trinajstić information content (AvgIpc) is 2.87. The normalized spacial score (nSPS) is 13.2. The Bertz CT molecular complexity index is 604. The van der Waals surface area contributed by atoms with Gasteiger partial charge in [0.05, 0.1) is 13.0 Å². The van der Waals surface area contributed by atoms with E-state index in [1.165, 1.54) is 21.1 Å². The van der Waals surface area contributed by atoms with E-state index >= 15 is 0 Å². The predicted molar refractivity (Wildman–Crippen MR) is 66.7 cm³/mol. The van der Waals surface area contributed by atoms with Crippen LogP contribution in [0.25, 0.3) is 0 Å². The number of hydrogen-bond acceptors (Lipinski definition) is 6. The van der Waals surface area contributed by atoms with Crippen molar-refractivity contribution in [2.75, 3.05) is 20.7 Å². The van der Waals surface area contributed by atoms with Crippen LogP contribution < -0.4 is 0 Å². The molecule has 9 heteroatoms. The van der Waals surface area contributed by atoms with Crippen molar-refractivity contribution in [3.63, 3.8) is 0 Å². The van der Waals surface area contributed by atoms with E-state index in [-0.39, 0.29) is 6.54 Å². The van der Waals surface area contributed by atoms with Gasteiger partial charge in [-0.1, -0.05) is 6.92 Å². The number of carboxylic acids is 1. The molecule has 1 atom stereocenters. The molecule has 20 heavy (non-hydrogen) atoms. The molecule has 1 aromatic rings. The fourth-order valence-electron chi connectivity index (χ4n) is 1.49. The maximum absolute atomic E-state index is 12.1. The van der Waals surface area contributed by atoms with Gasteiger partial charge < -0.3 is 14.3 Å². The van der Waals surface area contributed by atoms with E-state index in [1.54, 1.807) is 0 Å². The molecule has 1 rings (SSSR count). The fraction of sp³-hybridized carbons (Fsp3) is 0.455. The van der Waals surface area contributed by atoms with Gasteiger partial charge in [-0.2, -0.15) is 4.31 Å². The van der Waals surface area contributed by atoms with Crippen molar-refractivity contribution in [3.8, 4) is 0 Å². The Balaban J connectivity index is 2.92. The zero-order valence-corrected chi connectivity index (χ0v) is 12.0. The molecule has 1 N–H and O–H groups in total. The van der Waals surface area contributed by atoms with E-state index in [2.05, 4.69) is 4.74 Å². The molecule has 1 unspecified atom stereocenters. The Morgan fingerprint density at radius 3 is 2.50 bits per heavy atom. The molecule has 1 heterocycles. The van der Waals surface area contributed by atoms with Crippen molar-refractivity contribution in [3.05, 3.63) is 17.9 Å². The summed E-state index contributed by atoms with van der Waals surface area (Å²) in [5.74, 6) is -3.04. The van der Waals surface area contributed by atoms with Gasteiger partial charge in [-0.15, -0.1) is 0 Å². The first-order valence-corrected chi connectivity index (χ1v) is 7.01. The number of rotatable bonds is 6. The lowest BCUT2D eigenvalue weighted by Crippen LogP contribution is -2.34. The van der Waals surface area contributed by atoms with Gasteiger partial charge in [0.25, 0.3) is 10.0 Å². The van der Waals surface area contributed by atoms with Crippen LogP contribution in [0.5, 0.6) is 0 Å². The number of hydrogen-bond donors (Lipinski definition) is 1. The molecular weight excluding hydrogens is 290 g/mol. The highest BCUT2D eigenvalue weighted by Crippen LogP contribution is 2.19. The Labute approximate surface area is 116 Å². The van der Waals surface area contributed by atoms with Gasteiger partial charge in [0.2, 0.25) is 10.9 Å². The number of carbonyl (C=O) groups excluding carboxylic acids is 1. The second kappa shape index (κ2) is 6.06. The number of carbonyl (C=O) groups is 2. The van der Waals surface area contributed by atoms with Gasteiger partial charge >= 0.3 is 11.9 Å². The molecule has 0 spiro atoms. The summed E-state index contributed by atoms with van der Waals surface area (Å²) in [6, 6.07) is 2.10. The highest BCUT2D eigenvalue weighted by Gasteiger charge is 2.28. The van der Waals surface area contributed by atoms with E-state index in [9.17, 15) is 18.0 Å². The Morgan fingerprint density at radius 2 is 2.05 bits per heavy atom. The minimum atomic E-state index is -3.99. The molecule has 0 radical (unpaired) electrons. The van der Waals surface area contributed by atoms with Gasteiger partial charge in [-0.05, 0) is 12.1 Å². The van der Waals surface area contributed by atoms with Crippen LogP contribution in [0.3, 0.4) is 0 Å². The van der Waals surface area contributed by atoms with Crippen molar-refractivity contribution in [1.29, 1.82) is 0 Å². The first kappa shape index (κ1) is 16.2. The summed E-state index contributed by atoms with van der Waals surface area (Å²) >= 11 is 0. The lowest BCUT2D eigenvalue weighted by atomic mass is 10.2. The molecule has 8 nitrogen and oxygen atoms in total. The van der Waals surface area contributed by atoms with Crippen LogP contribution in [0.15, 0.2) is 21.6 Å². The number of esters is 1. The monoisotopic (exact) mass is 305 g/mol.